The molecule has 0 aliphatic carbocycles. The van der Waals surface area contributed by atoms with Gasteiger partial charge in [-0.15, -0.1) is 0 Å². The number of unbranched alkanes of at least 4 members (excludes halogenated alkanes) is 24. The van der Waals surface area contributed by atoms with Crippen molar-refractivity contribution in [3.05, 3.63) is 0 Å². The van der Waals surface area contributed by atoms with Crippen molar-refractivity contribution in [1.29, 1.82) is 0 Å². The van der Waals surface area contributed by atoms with Gasteiger partial charge in [-0.05, 0) is 12.8 Å². The lowest BCUT2D eigenvalue weighted by atomic mass is 10.0. The number of hydrogen-bond acceptors (Lipinski definition) is 7. The van der Waals surface area contributed by atoms with Crippen LogP contribution in [-0.2, 0) is 32.7 Å². The first-order chi connectivity index (χ1) is 24.0. The number of hydrogen-bond donors (Lipinski definition) is 1. The van der Waals surface area contributed by atoms with Crippen LogP contribution in [0.1, 0.15) is 194 Å². The minimum Gasteiger partial charge on any atom is -0.462 e. The van der Waals surface area contributed by atoms with Crippen molar-refractivity contribution in [3.63, 3.8) is 0 Å². The fourth-order valence-electron chi connectivity index (χ4n) is 5.84. The molecule has 0 aromatic carbocycles. The lowest BCUT2D eigenvalue weighted by Crippen LogP contribution is -2.37. The number of carbonyl (C=O) groups excluding carboxylic acids is 2. The topological polar surface area (TPSA) is 108 Å². The fourth-order valence-corrected chi connectivity index (χ4v) is 6.58. The summed E-state index contributed by atoms with van der Waals surface area (Å²) in [5.41, 5.74) is 0. The zero-order chi connectivity index (χ0) is 37.2. The first-order valence-electron chi connectivity index (χ1n) is 20.8. The smallest absolute Gasteiger partial charge is 0.462 e. The van der Waals surface area contributed by atoms with E-state index in [1.54, 1.807) is 0 Å². The van der Waals surface area contributed by atoms with Gasteiger partial charge in [-0.1, -0.05) is 168 Å². The molecule has 0 aromatic rings. The number of ether oxygens (including phenoxy) is 2. The third-order valence-electron chi connectivity index (χ3n) is 9.14. The zero-order valence-electron chi connectivity index (χ0n) is 33.4. The Hall–Kier alpha value is -0.990. The number of nitrogens with zero attached hydrogens (tertiary/aromatic N) is 1. The van der Waals surface area contributed by atoms with E-state index in [4.69, 9.17) is 18.5 Å². The van der Waals surface area contributed by atoms with Gasteiger partial charge in [-0.2, -0.15) is 0 Å². The van der Waals surface area contributed by atoms with Crippen LogP contribution in [-0.4, -0.2) is 74.9 Å². The van der Waals surface area contributed by atoms with Gasteiger partial charge in [0.1, 0.15) is 19.8 Å². The largest absolute Gasteiger partial charge is 0.472 e. The Morgan fingerprint density at radius 1 is 0.540 bits per heavy atom. The maximum Gasteiger partial charge on any atom is 0.472 e. The molecule has 9 nitrogen and oxygen atoms in total. The van der Waals surface area contributed by atoms with Crippen molar-refractivity contribution in [1.82, 2.24) is 0 Å². The van der Waals surface area contributed by atoms with Gasteiger partial charge in [0, 0.05) is 12.8 Å². The van der Waals surface area contributed by atoms with Crippen LogP contribution < -0.4 is 0 Å². The molecule has 0 heterocycles. The molecule has 2 atom stereocenters. The first kappa shape index (κ1) is 49.0. The minimum absolute atomic E-state index is 0.0357. The summed E-state index contributed by atoms with van der Waals surface area (Å²) in [5.74, 6) is -0.808. The van der Waals surface area contributed by atoms with E-state index in [2.05, 4.69) is 13.8 Å². The molecule has 298 valence electrons. The molecule has 0 fully saturated rings. The molecule has 10 heteroatoms. The summed E-state index contributed by atoms with van der Waals surface area (Å²) in [5, 5.41) is 0. The molecule has 50 heavy (non-hydrogen) atoms. The normalized spacial score (nSPS) is 13.6. The Balaban J connectivity index is 4.03. The van der Waals surface area contributed by atoms with Crippen LogP contribution in [0.2, 0.25) is 0 Å². The SMILES string of the molecule is CCCCCCCCCCCCCCCCCCCCCCCCC(=O)OC(COC(=O)CCCCCC)COP(=O)(O)OCC[N+](C)(C)C. The van der Waals surface area contributed by atoms with Crippen LogP contribution in [0.25, 0.3) is 0 Å². The van der Waals surface area contributed by atoms with Crippen LogP contribution in [0.4, 0.5) is 0 Å². The molecular formula is C40H81NO8P+. The van der Waals surface area contributed by atoms with E-state index < -0.39 is 26.5 Å². The zero-order valence-corrected chi connectivity index (χ0v) is 34.3. The molecule has 0 saturated carbocycles. The van der Waals surface area contributed by atoms with E-state index >= 15 is 0 Å². The second-order valence-electron chi connectivity index (χ2n) is 15.4. The summed E-state index contributed by atoms with van der Waals surface area (Å²) >= 11 is 0. The van der Waals surface area contributed by atoms with Gasteiger partial charge in [0.05, 0.1) is 27.7 Å². The molecule has 0 radical (unpaired) electrons. The molecule has 0 aromatic heterocycles. The Kier molecular flexibility index (Phi) is 33.2. The second-order valence-corrected chi connectivity index (χ2v) is 16.8. The van der Waals surface area contributed by atoms with Crippen molar-refractivity contribution in [2.75, 3.05) is 47.5 Å². The third kappa shape index (κ3) is 36.8. The number of phosphoric acid groups is 1. The highest BCUT2D eigenvalue weighted by Gasteiger charge is 2.27. The van der Waals surface area contributed by atoms with E-state index in [9.17, 15) is 19.0 Å². The molecular weight excluding hydrogens is 653 g/mol. The average Bonchev–Trinajstić information content (AvgIpc) is 3.06. The van der Waals surface area contributed by atoms with E-state index in [0.29, 0.717) is 11.0 Å². The molecule has 0 aliphatic heterocycles. The Bertz CT molecular complexity index is 835. The van der Waals surface area contributed by atoms with Crippen molar-refractivity contribution >= 4 is 19.8 Å². The minimum atomic E-state index is -4.35. The van der Waals surface area contributed by atoms with Crippen LogP contribution in [0.3, 0.4) is 0 Å². The van der Waals surface area contributed by atoms with Gasteiger partial charge in [0.25, 0.3) is 0 Å². The molecule has 1 N–H and O–H groups in total. The lowest BCUT2D eigenvalue weighted by molar-refractivity contribution is -0.870. The van der Waals surface area contributed by atoms with Crippen LogP contribution in [0.15, 0.2) is 0 Å². The Labute approximate surface area is 308 Å². The van der Waals surface area contributed by atoms with Crippen molar-refractivity contribution in [2.24, 2.45) is 0 Å². The molecule has 0 spiro atoms. The van der Waals surface area contributed by atoms with E-state index in [-0.39, 0.29) is 32.0 Å². The maximum absolute atomic E-state index is 12.6. The van der Waals surface area contributed by atoms with Gasteiger partial charge in [0.2, 0.25) is 0 Å². The summed E-state index contributed by atoms with van der Waals surface area (Å²) in [6, 6.07) is 0. The molecule has 0 bridgehead atoms. The van der Waals surface area contributed by atoms with E-state index in [0.717, 1.165) is 44.9 Å². The Morgan fingerprint density at radius 2 is 0.900 bits per heavy atom. The molecule has 0 aliphatic rings. The predicted molar refractivity (Wildman–Crippen MR) is 206 cm³/mol. The molecule has 0 saturated heterocycles. The number of quaternary nitrogens is 1. The highest BCUT2D eigenvalue weighted by atomic mass is 31.2. The van der Waals surface area contributed by atoms with Gasteiger partial charge in [0.15, 0.2) is 6.10 Å². The Morgan fingerprint density at radius 3 is 1.30 bits per heavy atom. The van der Waals surface area contributed by atoms with Gasteiger partial charge in [-0.25, -0.2) is 4.57 Å². The number of rotatable bonds is 38. The fraction of sp³-hybridized carbons (Fsp3) is 0.950. The molecule has 0 rings (SSSR count). The first-order valence-corrected chi connectivity index (χ1v) is 22.3. The van der Waals surface area contributed by atoms with Gasteiger partial charge in [-0.3, -0.25) is 18.6 Å². The number of likely N-dealkylation sites (N-methyl/N-ethyl adjacent to an activating group) is 1. The van der Waals surface area contributed by atoms with Crippen LogP contribution in [0, 0.1) is 0 Å². The summed E-state index contributed by atoms with van der Waals surface area (Å²) in [7, 11) is 1.49. The molecule has 2 unspecified atom stereocenters. The van der Waals surface area contributed by atoms with Crippen LogP contribution in [0.5, 0.6) is 0 Å². The van der Waals surface area contributed by atoms with E-state index in [1.807, 2.05) is 21.1 Å². The highest BCUT2D eigenvalue weighted by Crippen LogP contribution is 2.43. The van der Waals surface area contributed by atoms with Crippen LogP contribution >= 0.6 is 7.82 Å². The second kappa shape index (κ2) is 33.8. The third-order valence-corrected chi connectivity index (χ3v) is 10.1. The monoisotopic (exact) mass is 735 g/mol. The van der Waals surface area contributed by atoms with Gasteiger partial charge < -0.3 is 18.9 Å². The highest BCUT2D eigenvalue weighted by molar-refractivity contribution is 7.47. The predicted octanol–water partition coefficient (Wildman–Crippen LogP) is 11.2. The summed E-state index contributed by atoms with van der Waals surface area (Å²) in [6.45, 7) is 4.31. The number of phosphoric ester groups is 1. The lowest BCUT2D eigenvalue weighted by Gasteiger charge is -2.24. The number of esters is 2. The summed E-state index contributed by atoms with van der Waals surface area (Å²) < 4.78 is 33.9. The standard InChI is InChI=1S/C40H80NO8P/c1-6-8-10-12-13-14-15-16-17-18-19-20-21-22-23-24-25-26-27-28-29-31-33-40(43)49-38(36-46-39(42)32-30-11-9-7-2)37-48-50(44,45)47-35-34-41(3,4)5/h38H,6-37H2,1-5H3/p+1. The average molecular weight is 735 g/mol. The maximum atomic E-state index is 12.6. The van der Waals surface area contributed by atoms with Crippen molar-refractivity contribution in [3.8, 4) is 0 Å². The number of carbonyl (C=O) groups is 2. The molecule has 0 amide bonds. The van der Waals surface area contributed by atoms with Crippen molar-refractivity contribution in [2.45, 2.75) is 200 Å². The van der Waals surface area contributed by atoms with Crippen molar-refractivity contribution < 1.29 is 42.1 Å². The quantitative estimate of drug-likeness (QED) is 0.0289. The summed E-state index contributed by atoms with van der Waals surface area (Å²) in [4.78, 5) is 34.8. The summed E-state index contributed by atoms with van der Waals surface area (Å²) in [6.07, 6.45) is 32.2. The van der Waals surface area contributed by atoms with E-state index in [1.165, 1.54) is 122 Å². The van der Waals surface area contributed by atoms with Gasteiger partial charge >= 0.3 is 19.8 Å².